The summed E-state index contributed by atoms with van der Waals surface area (Å²) in [6.45, 7) is 15.2. The van der Waals surface area contributed by atoms with Crippen LogP contribution < -0.4 is 16.0 Å². The van der Waals surface area contributed by atoms with E-state index in [0.717, 1.165) is 42.7 Å². The van der Waals surface area contributed by atoms with Gasteiger partial charge in [-0.15, -0.1) is 0 Å². The molecule has 2 aromatic rings. The van der Waals surface area contributed by atoms with Gasteiger partial charge in [-0.2, -0.15) is 0 Å². The number of carbonyl (C=O) groups is 2. The van der Waals surface area contributed by atoms with Crippen LogP contribution in [0.3, 0.4) is 0 Å². The second-order valence-corrected chi connectivity index (χ2v) is 10.8. The molecule has 0 spiro atoms. The number of fused-ring (bicyclic) bond motifs is 1. The van der Waals surface area contributed by atoms with Crippen molar-refractivity contribution >= 4 is 28.6 Å². The molecule has 1 aliphatic heterocycles. The first-order chi connectivity index (χ1) is 15.8. The maximum absolute atomic E-state index is 13.0. The van der Waals surface area contributed by atoms with Crippen molar-refractivity contribution in [3.8, 4) is 0 Å². The fraction of sp³-hybridized carbons (Fsp3) is 0.615. The molecule has 3 rings (SSSR count). The van der Waals surface area contributed by atoms with Crippen LogP contribution in [0, 0.1) is 25.7 Å². The van der Waals surface area contributed by atoms with Crippen molar-refractivity contribution in [3.63, 3.8) is 0 Å². The van der Waals surface area contributed by atoms with Crippen molar-refractivity contribution in [1.82, 2.24) is 15.3 Å². The van der Waals surface area contributed by atoms with Gasteiger partial charge < -0.3 is 20.7 Å². The van der Waals surface area contributed by atoms with Gasteiger partial charge in [-0.05, 0) is 82.6 Å². The van der Waals surface area contributed by atoms with E-state index in [2.05, 4.69) is 46.2 Å². The van der Waals surface area contributed by atoms with Crippen LogP contribution in [-0.4, -0.2) is 52.6 Å². The van der Waals surface area contributed by atoms with E-state index in [4.69, 9.17) is 10.5 Å². The third-order valence-electron chi connectivity index (χ3n) is 6.72. The summed E-state index contributed by atoms with van der Waals surface area (Å²) in [5, 5.41) is 4.00. The van der Waals surface area contributed by atoms with Gasteiger partial charge in [-0.3, -0.25) is 4.79 Å². The summed E-state index contributed by atoms with van der Waals surface area (Å²) < 4.78 is 5.45. The number of esters is 1. The molecular weight excluding hydrogens is 430 g/mol. The van der Waals surface area contributed by atoms with Gasteiger partial charge in [-0.25, -0.2) is 14.8 Å². The zero-order valence-electron chi connectivity index (χ0n) is 21.6. The minimum Gasteiger partial charge on any atom is -0.458 e. The number of amides is 1. The second kappa shape index (κ2) is 9.86. The summed E-state index contributed by atoms with van der Waals surface area (Å²) in [7, 11) is 0. The molecule has 3 N–H and O–H groups in total. The summed E-state index contributed by atoms with van der Waals surface area (Å²) in [5.41, 5.74) is 7.28. The molecule has 34 heavy (non-hydrogen) atoms. The van der Waals surface area contributed by atoms with Crippen LogP contribution in [0.2, 0.25) is 0 Å². The lowest BCUT2D eigenvalue weighted by Gasteiger charge is -2.35. The number of hydrogen-bond acceptors (Lipinski definition) is 7. The van der Waals surface area contributed by atoms with Gasteiger partial charge in [0.05, 0.1) is 5.52 Å². The Morgan fingerprint density at radius 3 is 2.35 bits per heavy atom. The predicted molar refractivity (Wildman–Crippen MR) is 135 cm³/mol. The highest BCUT2D eigenvalue weighted by Gasteiger charge is 2.48. The van der Waals surface area contributed by atoms with Gasteiger partial charge in [0, 0.05) is 25.0 Å². The molecule has 0 bridgehead atoms. The molecule has 0 unspecified atom stereocenters. The Hall–Kier alpha value is -2.74. The SMILES string of the molecule is Cc1cc2ncnc(N3CCC(CNC(=O)[C@](N)(C(=O)OC(C)(C)C)C(C)C)CC3)c2cc1C. The van der Waals surface area contributed by atoms with Crippen molar-refractivity contribution < 1.29 is 14.3 Å². The molecule has 1 saturated heterocycles. The van der Waals surface area contributed by atoms with E-state index in [9.17, 15) is 9.59 Å². The lowest BCUT2D eigenvalue weighted by atomic mass is 9.85. The Kier molecular flexibility index (Phi) is 7.50. The minimum atomic E-state index is -1.72. The molecule has 1 amide bonds. The molecule has 2 heterocycles. The molecule has 8 nitrogen and oxygen atoms in total. The number of nitrogens with two attached hydrogens (primary N) is 1. The Morgan fingerprint density at radius 2 is 1.76 bits per heavy atom. The second-order valence-electron chi connectivity index (χ2n) is 10.8. The standard InChI is InChI=1S/C26H39N5O3/c1-16(2)26(27,24(33)34-25(5,6)7)23(32)28-14-19-8-10-31(11-9-19)22-20-12-17(3)18(4)13-21(20)29-15-30-22/h12-13,15-16,19H,8-11,14,27H2,1-7H3,(H,28,32)/t26-/m0/s1. The van der Waals surface area contributed by atoms with Crippen molar-refractivity contribution in [3.05, 3.63) is 29.6 Å². The normalized spacial score (nSPS) is 17.0. The van der Waals surface area contributed by atoms with Gasteiger partial charge in [0.15, 0.2) is 5.54 Å². The number of aromatic nitrogens is 2. The first kappa shape index (κ1) is 25.9. The van der Waals surface area contributed by atoms with Crippen LogP contribution in [-0.2, 0) is 14.3 Å². The monoisotopic (exact) mass is 469 g/mol. The zero-order valence-corrected chi connectivity index (χ0v) is 21.6. The predicted octanol–water partition coefficient (Wildman–Crippen LogP) is 3.27. The molecule has 1 atom stereocenters. The number of aryl methyl sites for hydroxylation is 2. The average Bonchev–Trinajstić information content (AvgIpc) is 2.76. The average molecular weight is 470 g/mol. The zero-order chi connectivity index (χ0) is 25.3. The first-order valence-corrected chi connectivity index (χ1v) is 12.1. The molecule has 0 aliphatic carbocycles. The van der Waals surface area contributed by atoms with E-state index in [1.54, 1.807) is 40.9 Å². The molecule has 186 valence electrons. The number of rotatable bonds is 6. The Balaban J connectivity index is 1.62. The lowest BCUT2D eigenvalue weighted by molar-refractivity contribution is -0.166. The minimum absolute atomic E-state index is 0.298. The fourth-order valence-corrected chi connectivity index (χ4v) is 4.24. The molecule has 1 aromatic heterocycles. The summed E-state index contributed by atoms with van der Waals surface area (Å²) >= 11 is 0. The molecule has 0 radical (unpaired) electrons. The third kappa shape index (κ3) is 5.49. The Bertz CT molecular complexity index is 1050. The van der Waals surface area contributed by atoms with E-state index >= 15 is 0 Å². The topological polar surface area (TPSA) is 110 Å². The lowest BCUT2D eigenvalue weighted by Crippen LogP contribution is -2.64. The maximum atomic E-state index is 13.0. The van der Waals surface area contributed by atoms with E-state index < -0.39 is 28.9 Å². The van der Waals surface area contributed by atoms with Crippen molar-refractivity contribution in [2.45, 2.75) is 72.4 Å². The van der Waals surface area contributed by atoms with E-state index in [1.165, 1.54) is 11.1 Å². The number of nitrogens with zero attached hydrogens (tertiary/aromatic N) is 3. The Labute approximate surface area is 202 Å². The number of hydrogen-bond donors (Lipinski definition) is 2. The highest BCUT2D eigenvalue weighted by Crippen LogP contribution is 2.29. The summed E-state index contributed by atoms with van der Waals surface area (Å²) in [5.74, 6) is -0.314. The molecule has 0 saturated carbocycles. The van der Waals surface area contributed by atoms with Gasteiger partial charge in [0.25, 0.3) is 5.91 Å². The summed E-state index contributed by atoms with van der Waals surface area (Å²) in [6, 6.07) is 4.27. The quantitative estimate of drug-likeness (QED) is 0.493. The van der Waals surface area contributed by atoms with Gasteiger partial charge in [0.2, 0.25) is 0 Å². The number of ether oxygens (including phenoxy) is 1. The van der Waals surface area contributed by atoms with Crippen LogP contribution in [0.4, 0.5) is 5.82 Å². The van der Waals surface area contributed by atoms with Crippen LogP contribution >= 0.6 is 0 Å². The van der Waals surface area contributed by atoms with E-state index in [-0.39, 0.29) is 0 Å². The number of benzene rings is 1. The molecule has 1 aromatic carbocycles. The molecule has 8 heteroatoms. The van der Waals surface area contributed by atoms with Crippen molar-refractivity contribution in [1.29, 1.82) is 0 Å². The number of carbonyl (C=O) groups excluding carboxylic acids is 2. The highest BCUT2D eigenvalue weighted by atomic mass is 16.6. The fourth-order valence-electron chi connectivity index (χ4n) is 4.24. The number of piperidine rings is 1. The molecule has 1 aliphatic rings. The Morgan fingerprint density at radius 1 is 1.15 bits per heavy atom. The summed E-state index contributed by atoms with van der Waals surface area (Å²) in [4.78, 5) is 37.1. The largest absolute Gasteiger partial charge is 0.458 e. The van der Waals surface area contributed by atoms with E-state index in [1.807, 2.05) is 0 Å². The highest BCUT2D eigenvalue weighted by molar-refractivity contribution is 6.07. The molecule has 1 fully saturated rings. The van der Waals surface area contributed by atoms with Crippen molar-refractivity contribution in [2.75, 3.05) is 24.5 Å². The third-order valence-corrected chi connectivity index (χ3v) is 6.72. The first-order valence-electron chi connectivity index (χ1n) is 12.1. The smallest absolute Gasteiger partial charge is 0.336 e. The van der Waals surface area contributed by atoms with Crippen LogP contribution in [0.5, 0.6) is 0 Å². The summed E-state index contributed by atoms with van der Waals surface area (Å²) in [6.07, 6.45) is 3.44. The van der Waals surface area contributed by atoms with Crippen molar-refractivity contribution in [2.24, 2.45) is 17.6 Å². The molecular formula is C26H39N5O3. The van der Waals surface area contributed by atoms with Gasteiger partial charge in [-0.1, -0.05) is 13.8 Å². The van der Waals surface area contributed by atoms with E-state index in [0.29, 0.717) is 12.5 Å². The van der Waals surface area contributed by atoms with Crippen LogP contribution in [0.1, 0.15) is 58.6 Å². The van der Waals surface area contributed by atoms with Crippen LogP contribution in [0.15, 0.2) is 18.5 Å². The van der Waals surface area contributed by atoms with Gasteiger partial charge >= 0.3 is 5.97 Å². The van der Waals surface area contributed by atoms with Gasteiger partial charge in [0.1, 0.15) is 17.7 Å². The van der Waals surface area contributed by atoms with Crippen LogP contribution in [0.25, 0.3) is 10.9 Å². The maximum Gasteiger partial charge on any atom is 0.336 e. The number of anilines is 1. The number of nitrogens with one attached hydrogen (secondary N) is 1.